The molecule has 15 heavy (non-hydrogen) atoms. The van der Waals surface area contributed by atoms with Crippen LogP contribution in [0, 0.1) is 10.1 Å². The summed E-state index contributed by atoms with van der Waals surface area (Å²) in [5, 5.41) is 19.2. The molecule has 0 bridgehead atoms. The predicted octanol–water partition coefficient (Wildman–Crippen LogP) is 1.23. The van der Waals surface area contributed by atoms with Crippen molar-refractivity contribution in [2.45, 2.75) is 6.42 Å². The minimum absolute atomic E-state index is 0.00454. The van der Waals surface area contributed by atoms with Gasteiger partial charge in [-0.25, -0.2) is 0 Å². The average molecular weight is 211 g/mol. The molecular weight excluding hydrogens is 202 g/mol. The van der Waals surface area contributed by atoms with Gasteiger partial charge in [0.05, 0.1) is 18.5 Å². The highest BCUT2D eigenvalue weighted by molar-refractivity contribution is 5.72. The number of para-hydroxylation sites is 1. The molecule has 0 heterocycles. The van der Waals surface area contributed by atoms with Crippen molar-refractivity contribution in [3.05, 3.63) is 33.9 Å². The van der Waals surface area contributed by atoms with Crippen molar-refractivity contribution < 1.29 is 19.6 Å². The van der Waals surface area contributed by atoms with E-state index >= 15 is 0 Å². The number of carbonyl (C=O) groups is 1. The smallest absolute Gasteiger partial charge is 0.311 e. The molecule has 1 rings (SSSR count). The van der Waals surface area contributed by atoms with E-state index in [-0.39, 0.29) is 17.9 Å². The van der Waals surface area contributed by atoms with E-state index in [9.17, 15) is 14.9 Å². The monoisotopic (exact) mass is 211 g/mol. The van der Waals surface area contributed by atoms with E-state index in [1.807, 2.05) is 0 Å². The zero-order chi connectivity index (χ0) is 11.4. The molecule has 0 aliphatic heterocycles. The third kappa shape index (κ3) is 2.43. The fourth-order valence-electron chi connectivity index (χ4n) is 1.25. The van der Waals surface area contributed by atoms with Gasteiger partial charge in [-0.05, 0) is 0 Å². The maximum Gasteiger partial charge on any atom is 0.311 e. The number of nitrogens with zero attached hydrogens (tertiary/aromatic N) is 1. The molecular formula is C9H9NO5. The summed E-state index contributed by atoms with van der Waals surface area (Å²) in [5.74, 6) is -1.06. The van der Waals surface area contributed by atoms with Gasteiger partial charge in [0.2, 0.25) is 5.75 Å². The second-order valence-electron chi connectivity index (χ2n) is 2.80. The van der Waals surface area contributed by atoms with Crippen LogP contribution in [-0.4, -0.2) is 23.1 Å². The van der Waals surface area contributed by atoms with Crippen LogP contribution in [0.1, 0.15) is 5.56 Å². The van der Waals surface area contributed by atoms with E-state index in [2.05, 4.69) is 0 Å². The lowest BCUT2D eigenvalue weighted by molar-refractivity contribution is -0.385. The van der Waals surface area contributed by atoms with Crippen LogP contribution in [0.15, 0.2) is 18.2 Å². The SMILES string of the molecule is COc1c(CC(=O)O)cccc1[N+](=O)[O-]. The Bertz CT molecular complexity index is 401. The number of hydrogen-bond acceptors (Lipinski definition) is 4. The molecule has 0 saturated heterocycles. The Labute approximate surface area is 85.2 Å². The highest BCUT2D eigenvalue weighted by Crippen LogP contribution is 2.30. The molecule has 0 aromatic heterocycles. The number of hydrogen-bond donors (Lipinski definition) is 1. The quantitative estimate of drug-likeness (QED) is 0.597. The highest BCUT2D eigenvalue weighted by atomic mass is 16.6. The number of rotatable bonds is 4. The number of aliphatic carboxylic acids is 1. The fraction of sp³-hybridized carbons (Fsp3) is 0.222. The van der Waals surface area contributed by atoms with Crippen LogP contribution in [0.5, 0.6) is 5.75 Å². The molecule has 6 heteroatoms. The lowest BCUT2D eigenvalue weighted by Crippen LogP contribution is -2.04. The molecule has 0 aliphatic carbocycles. The second kappa shape index (κ2) is 4.41. The van der Waals surface area contributed by atoms with Crippen molar-refractivity contribution in [1.29, 1.82) is 0 Å². The van der Waals surface area contributed by atoms with E-state index in [0.29, 0.717) is 5.56 Å². The van der Waals surface area contributed by atoms with Crippen LogP contribution in [-0.2, 0) is 11.2 Å². The molecule has 0 unspecified atom stereocenters. The number of carboxylic acids is 1. The maximum absolute atomic E-state index is 10.6. The molecule has 0 radical (unpaired) electrons. The van der Waals surface area contributed by atoms with Gasteiger partial charge in [-0.2, -0.15) is 0 Å². The lowest BCUT2D eigenvalue weighted by atomic mass is 10.1. The van der Waals surface area contributed by atoms with Crippen molar-refractivity contribution in [2.75, 3.05) is 7.11 Å². The van der Waals surface area contributed by atoms with Gasteiger partial charge in [0.1, 0.15) is 0 Å². The summed E-state index contributed by atoms with van der Waals surface area (Å²) in [5.41, 5.74) is 0.0652. The van der Waals surface area contributed by atoms with Gasteiger partial charge in [0, 0.05) is 11.6 Å². The zero-order valence-corrected chi connectivity index (χ0v) is 7.97. The molecule has 0 amide bonds. The van der Waals surface area contributed by atoms with Gasteiger partial charge < -0.3 is 9.84 Å². The van der Waals surface area contributed by atoms with Gasteiger partial charge in [0.15, 0.2) is 0 Å². The molecule has 1 aromatic rings. The zero-order valence-electron chi connectivity index (χ0n) is 7.97. The summed E-state index contributed by atoms with van der Waals surface area (Å²) >= 11 is 0. The van der Waals surface area contributed by atoms with Crippen molar-refractivity contribution in [3.63, 3.8) is 0 Å². The predicted molar refractivity (Wildman–Crippen MR) is 51.0 cm³/mol. The molecule has 80 valence electrons. The van der Waals surface area contributed by atoms with E-state index in [0.717, 1.165) is 0 Å². The summed E-state index contributed by atoms with van der Waals surface area (Å²) in [6.07, 6.45) is -0.301. The molecule has 0 atom stereocenters. The number of methoxy groups -OCH3 is 1. The largest absolute Gasteiger partial charge is 0.490 e. The first-order chi connectivity index (χ1) is 7.06. The van der Waals surface area contributed by atoms with Gasteiger partial charge in [-0.1, -0.05) is 12.1 Å². The van der Waals surface area contributed by atoms with Crippen molar-refractivity contribution in [1.82, 2.24) is 0 Å². The number of nitro benzene ring substituents is 1. The average Bonchev–Trinajstić information content (AvgIpc) is 2.16. The summed E-state index contributed by atoms with van der Waals surface area (Å²) < 4.78 is 4.83. The molecule has 0 saturated carbocycles. The molecule has 6 nitrogen and oxygen atoms in total. The fourth-order valence-corrected chi connectivity index (χ4v) is 1.25. The van der Waals surface area contributed by atoms with Gasteiger partial charge in [-0.15, -0.1) is 0 Å². The Hall–Kier alpha value is -2.11. The van der Waals surface area contributed by atoms with Gasteiger partial charge in [-0.3, -0.25) is 14.9 Å². The summed E-state index contributed by atoms with van der Waals surface area (Å²) in [7, 11) is 1.27. The second-order valence-corrected chi connectivity index (χ2v) is 2.80. The van der Waals surface area contributed by atoms with Crippen LogP contribution in [0.25, 0.3) is 0 Å². The van der Waals surface area contributed by atoms with Crippen molar-refractivity contribution in [2.24, 2.45) is 0 Å². The number of nitro groups is 1. The van der Waals surface area contributed by atoms with Crippen molar-refractivity contribution >= 4 is 11.7 Å². The first-order valence-electron chi connectivity index (χ1n) is 4.08. The number of ether oxygens (including phenoxy) is 1. The summed E-state index contributed by atoms with van der Waals surface area (Å²) in [4.78, 5) is 20.5. The molecule has 0 spiro atoms. The summed E-state index contributed by atoms with van der Waals surface area (Å²) in [6, 6.07) is 4.18. The Kier molecular flexibility index (Phi) is 3.22. The normalized spacial score (nSPS) is 9.67. The van der Waals surface area contributed by atoms with Crippen LogP contribution in [0.3, 0.4) is 0 Å². The lowest BCUT2D eigenvalue weighted by Gasteiger charge is -2.06. The van der Waals surface area contributed by atoms with Crippen LogP contribution >= 0.6 is 0 Å². The van der Waals surface area contributed by atoms with Gasteiger partial charge >= 0.3 is 11.7 Å². The van der Waals surface area contributed by atoms with Crippen molar-refractivity contribution in [3.8, 4) is 5.75 Å². The minimum Gasteiger partial charge on any atom is -0.490 e. The first-order valence-corrected chi connectivity index (χ1v) is 4.08. The summed E-state index contributed by atoms with van der Waals surface area (Å²) in [6.45, 7) is 0. The van der Waals surface area contributed by atoms with E-state index in [4.69, 9.17) is 9.84 Å². The molecule has 0 aliphatic rings. The third-order valence-electron chi connectivity index (χ3n) is 1.82. The Morgan fingerprint density at radius 1 is 1.60 bits per heavy atom. The first kappa shape index (κ1) is 11.0. The topological polar surface area (TPSA) is 89.7 Å². The Morgan fingerprint density at radius 2 is 2.27 bits per heavy atom. The van der Waals surface area contributed by atoms with Crippen LogP contribution in [0.2, 0.25) is 0 Å². The maximum atomic E-state index is 10.6. The molecule has 1 aromatic carbocycles. The van der Waals surface area contributed by atoms with E-state index < -0.39 is 10.9 Å². The van der Waals surface area contributed by atoms with E-state index in [1.54, 1.807) is 0 Å². The highest BCUT2D eigenvalue weighted by Gasteiger charge is 2.19. The Morgan fingerprint density at radius 3 is 2.73 bits per heavy atom. The molecule has 0 fully saturated rings. The van der Waals surface area contributed by atoms with Crippen LogP contribution < -0.4 is 4.74 Å². The van der Waals surface area contributed by atoms with Gasteiger partial charge in [0.25, 0.3) is 0 Å². The Balaban J connectivity index is 3.21. The number of carboxylic acid groups (broad SMARTS) is 1. The molecule has 1 N–H and O–H groups in total. The standard InChI is InChI=1S/C9H9NO5/c1-15-9-6(5-8(11)12)3-2-4-7(9)10(13)14/h2-4H,5H2,1H3,(H,11,12). The van der Waals surface area contributed by atoms with Crippen LogP contribution in [0.4, 0.5) is 5.69 Å². The number of benzene rings is 1. The third-order valence-corrected chi connectivity index (χ3v) is 1.82. The van der Waals surface area contributed by atoms with E-state index in [1.165, 1.54) is 25.3 Å². The minimum atomic E-state index is -1.06.